The Morgan fingerprint density at radius 1 is 1.39 bits per heavy atom. The van der Waals surface area contributed by atoms with Gasteiger partial charge < -0.3 is 5.32 Å². The van der Waals surface area contributed by atoms with E-state index in [1.807, 2.05) is 0 Å². The van der Waals surface area contributed by atoms with Gasteiger partial charge in [0.15, 0.2) is 0 Å². The Kier molecular flexibility index (Phi) is 3.78. The highest BCUT2D eigenvalue weighted by Gasteiger charge is 2.13. The van der Waals surface area contributed by atoms with Crippen molar-refractivity contribution in [2.75, 3.05) is 5.75 Å². The van der Waals surface area contributed by atoms with E-state index in [2.05, 4.69) is 5.32 Å². The number of para-hydroxylation sites is 1. The maximum atomic E-state index is 10.9. The molecule has 0 saturated carbocycles. The van der Waals surface area contributed by atoms with E-state index in [0.717, 1.165) is 5.03 Å². The summed E-state index contributed by atoms with van der Waals surface area (Å²) in [4.78, 5) is 21.3. The fourth-order valence-corrected chi connectivity index (χ4v) is 2.20. The molecule has 1 amide bonds. The van der Waals surface area contributed by atoms with Gasteiger partial charge in [0.25, 0.3) is 5.69 Å². The Balaban J connectivity index is 2.14. The number of nitro groups is 1. The van der Waals surface area contributed by atoms with Crippen molar-refractivity contribution in [3.8, 4) is 0 Å². The second-order valence-corrected chi connectivity index (χ2v) is 4.56. The zero-order valence-corrected chi connectivity index (χ0v) is 10.1. The summed E-state index contributed by atoms with van der Waals surface area (Å²) in [5, 5.41) is 14.2. The molecular weight excluding hydrogens is 252 g/mol. The number of nitrogens with zero attached hydrogens (tertiary/aromatic N) is 1. The molecule has 1 aromatic carbocycles. The molecule has 0 unspecified atom stereocenters. The molecule has 5 nitrogen and oxygen atoms in total. The molecule has 2 rings (SSSR count). The lowest BCUT2D eigenvalue weighted by molar-refractivity contribution is -0.385. The van der Waals surface area contributed by atoms with Crippen molar-refractivity contribution in [3.05, 3.63) is 57.1 Å². The molecule has 1 N–H and O–H groups in total. The molecule has 1 aliphatic heterocycles. The first-order valence-electron chi connectivity index (χ1n) is 5.21. The molecule has 1 fully saturated rings. The molecule has 0 atom stereocenters. The van der Waals surface area contributed by atoms with Crippen LogP contribution in [0.25, 0.3) is 6.08 Å². The first kappa shape index (κ1) is 12.4. The number of allylic oxidation sites excluding steroid dienone is 2. The maximum Gasteiger partial charge on any atom is 0.276 e. The van der Waals surface area contributed by atoms with Gasteiger partial charge in [-0.1, -0.05) is 30.0 Å². The lowest BCUT2D eigenvalue weighted by atomic mass is 10.1. The van der Waals surface area contributed by atoms with E-state index < -0.39 is 4.92 Å². The van der Waals surface area contributed by atoms with Crippen LogP contribution in [0.2, 0.25) is 0 Å². The Labute approximate surface area is 108 Å². The average Bonchev–Trinajstić information content (AvgIpc) is 2.75. The van der Waals surface area contributed by atoms with Crippen LogP contribution in [0, 0.1) is 10.1 Å². The standard InChI is InChI=1S/C12H10N2O3S/c15-11-8-18-12(13-11)7-3-5-9-4-1-2-6-10(9)14(16)17/h1-7H,8H2,(H,13,15). The second kappa shape index (κ2) is 5.50. The lowest BCUT2D eigenvalue weighted by Gasteiger charge is -1.96. The molecule has 0 spiro atoms. The highest BCUT2D eigenvalue weighted by molar-refractivity contribution is 8.04. The number of hydrogen-bond acceptors (Lipinski definition) is 4. The number of hydrogen-bond donors (Lipinski definition) is 1. The van der Waals surface area contributed by atoms with Crippen LogP contribution in [0.15, 0.2) is 41.4 Å². The van der Waals surface area contributed by atoms with Crippen molar-refractivity contribution in [3.63, 3.8) is 0 Å². The molecule has 0 bridgehead atoms. The van der Waals surface area contributed by atoms with Gasteiger partial charge >= 0.3 is 0 Å². The summed E-state index contributed by atoms with van der Waals surface area (Å²) in [5.74, 6) is 0.399. The SMILES string of the molecule is O=C1CSC(=CC=Cc2ccccc2[N+](=O)[O-])N1. The zero-order chi connectivity index (χ0) is 13.0. The lowest BCUT2D eigenvalue weighted by Crippen LogP contribution is -2.13. The monoisotopic (exact) mass is 262 g/mol. The zero-order valence-electron chi connectivity index (χ0n) is 9.33. The van der Waals surface area contributed by atoms with E-state index in [1.54, 1.807) is 36.4 Å². The Morgan fingerprint density at radius 3 is 2.83 bits per heavy atom. The van der Waals surface area contributed by atoms with Gasteiger partial charge in [0.05, 0.1) is 21.3 Å². The first-order valence-corrected chi connectivity index (χ1v) is 6.20. The van der Waals surface area contributed by atoms with Crippen molar-refractivity contribution < 1.29 is 9.72 Å². The van der Waals surface area contributed by atoms with Crippen molar-refractivity contribution >= 4 is 29.4 Å². The van der Waals surface area contributed by atoms with Crippen molar-refractivity contribution in [1.29, 1.82) is 0 Å². The molecule has 6 heteroatoms. The van der Waals surface area contributed by atoms with E-state index in [-0.39, 0.29) is 11.6 Å². The molecule has 1 aliphatic rings. The minimum absolute atomic E-state index is 0.0228. The highest BCUT2D eigenvalue weighted by atomic mass is 32.2. The fourth-order valence-electron chi connectivity index (χ4n) is 1.48. The number of nitro benzene ring substituents is 1. The summed E-state index contributed by atoms with van der Waals surface area (Å²) in [5.41, 5.74) is 0.601. The summed E-state index contributed by atoms with van der Waals surface area (Å²) >= 11 is 1.41. The van der Waals surface area contributed by atoms with Crippen LogP contribution in [0.4, 0.5) is 5.69 Å². The van der Waals surface area contributed by atoms with Crippen molar-refractivity contribution in [1.82, 2.24) is 5.32 Å². The number of rotatable bonds is 3. The van der Waals surface area contributed by atoms with Gasteiger partial charge in [0.1, 0.15) is 0 Å². The van der Waals surface area contributed by atoms with E-state index in [1.165, 1.54) is 17.8 Å². The molecule has 0 radical (unpaired) electrons. The summed E-state index contributed by atoms with van der Waals surface area (Å²) < 4.78 is 0. The maximum absolute atomic E-state index is 10.9. The molecule has 1 heterocycles. The van der Waals surface area contributed by atoms with Crippen LogP contribution in [0.3, 0.4) is 0 Å². The summed E-state index contributed by atoms with van der Waals surface area (Å²) in [6.45, 7) is 0. The number of benzene rings is 1. The van der Waals surface area contributed by atoms with Crippen LogP contribution >= 0.6 is 11.8 Å². The second-order valence-electron chi connectivity index (χ2n) is 3.54. The normalized spacial score (nSPS) is 17.3. The van der Waals surface area contributed by atoms with Gasteiger partial charge in [-0.05, 0) is 18.2 Å². The minimum atomic E-state index is -0.418. The number of carbonyl (C=O) groups is 1. The third-order valence-corrected chi connectivity index (χ3v) is 3.23. The first-order chi connectivity index (χ1) is 8.66. The predicted molar refractivity (Wildman–Crippen MR) is 70.8 cm³/mol. The molecular formula is C12H10N2O3S. The van der Waals surface area contributed by atoms with Crippen LogP contribution in [-0.4, -0.2) is 16.6 Å². The van der Waals surface area contributed by atoms with Crippen LogP contribution in [0.5, 0.6) is 0 Å². The van der Waals surface area contributed by atoms with Crippen LogP contribution < -0.4 is 5.32 Å². The van der Waals surface area contributed by atoms with E-state index >= 15 is 0 Å². The van der Waals surface area contributed by atoms with Crippen LogP contribution in [0.1, 0.15) is 5.56 Å². The van der Waals surface area contributed by atoms with Gasteiger partial charge in [0.2, 0.25) is 5.91 Å². The minimum Gasteiger partial charge on any atom is -0.320 e. The Morgan fingerprint density at radius 2 is 2.17 bits per heavy atom. The smallest absolute Gasteiger partial charge is 0.276 e. The molecule has 1 aromatic rings. The number of thioether (sulfide) groups is 1. The predicted octanol–water partition coefficient (Wildman–Crippen LogP) is 2.31. The Hall–Kier alpha value is -2.08. The topological polar surface area (TPSA) is 72.2 Å². The largest absolute Gasteiger partial charge is 0.320 e. The molecule has 1 saturated heterocycles. The molecule has 0 aromatic heterocycles. The summed E-state index contributed by atoms with van der Waals surface area (Å²) in [6.07, 6.45) is 5.07. The van der Waals surface area contributed by atoms with Gasteiger partial charge in [-0.3, -0.25) is 14.9 Å². The highest BCUT2D eigenvalue weighted by Crippen LogP contribution is 2.21. The number of carbonyl (C=O) groups excluding carboxylic acids is 1. The quantitative estimate of drug-likeness (QED) is 0.670. The van der Waals surface area contributed by atoms with Crippen LogP contribution in [-0.2, 0) is 4.79 Å². The number of nitrogens with one attached hydrogen (secondary N) is 1. The van der Waals surface area contributed by atoms with Crippen molar-refractivity contribution in [2.24, 2.45) is 0 Å². The van der Waals surface area contributed by atoms with E-state index in [9.17, 15) is 14.9 Å². The van der Waals surface area contributed by atoms with Gasteiger partial charge in [-0.25, -0.2) is 0 Å². The van der Waals surface area contributed by atoms with Gasteiger partial charge in [-0.2, -0.15) is 0 Å². The third-order valence-electron chi connectivity index (χ3n) is 2.28. The molecule has 92 valence electrons. The number of amides is 1. The van der Waals surface area contributed by atoms with Crippen molar-refractivity contribution in [2.45, 2.75) is 0 Å². The van der Waals surface area contributed by atoms with E-state index in [4.69, 9.17) is 0 Å². The Bertz CT molecular complexity index is 552. The average molecular weight is 262 g/mol. The molecule has 0 aliphatic carbocycles. The third kappa shape index (κ3) is 2.98. The summed E-state index contributed by atoms with van der Waals surface area (Å²) in [6, 6.07) is 6.50. The van der Waals surface area contributed by atoms with Gasteiger partial charge in [-0.15, -0.1) is 0 Å². The molecule has 18 heavy (non-hydrogen) atoms. The van der Waals surface area contributed by atoms with E-state index in [0.29, 0.717) is 11.3 Å². The summed E-state index contributed by atoms with van der Waals surface area (Å²) in [7, 11) is 0. The van der Waals surface area contributed by atoms with Gasteiger partial charge in [0, 0.05) is 6.07 Å². The fraction of sp³-hybridized carbons (Fsp3) is 0.0833.